The molecule has 1 aliphatic heterocycles. The minimum atomic E-state index is -3.63. The minimum Gasteiger partial charge on any atom is -0.369 e. The number of hydrogen-bond donors (Lipinski definition) is 0. The first kappa shape index (κ1) is 18.4. The molecule has 2 heterocycles. The van der Waals surface area contributed by atoms with E-state index in [1.54, 1.807) is 5.51 Å². The molecule has 1 fully saturated rings. The van der Waals surface area contributed by atoms with Crippen LogP contribution in [0.15, 0.2) is 65.1 Å². The molecular formula is C19H18ClN3O2S2. The SMILES string of the molecule is O=S(=O)(c1ncsc1-c1ccccc1)N1CCN(c2cccc(Cl)c2)CC1. The highest BCUT2D eigenvalue weighted by atomic mass is 35.5. The van der Waals surface area contributed by atoms with E-state index in [1.165, 1.54) is 15.6 Å². The zero-order valence-corrected chi connectivity index (χ0v) is 16.8. The quantitative estimate of drug-likeness (QED) is 0.642. The summed E-state index contributed by atoms with van der Waals surface area (Å²) in [6.45, 7) is 2.07. The molecule has 1 saturated heterocycles. The maximum Gasteiger partial charge on any atom is 0.262 e. The van der Waals surface area contributed by atoms with Gasteiger partial charge in [-0.2, -0.15) is 4.31 Å². The zero-order valence-electron chi connectivity index (χ0n) is 14.5. The Balaban J connectivity index is 1.54. The summed E-state index contributed by atoms with van der Waals surface area (Å²) >= 11 is 7.42. The van der Waals surface area contributed by atoms with Crippen LogP contribution in [0.5, 0.6) is 0 Å². The van der Waals surface area contributed by atoms with Crippen molar-refractivity contribution in [1.29, 1.82) is 0 Å². The predicted molar refractivity (Wildman–Crippen MR) is 110 cm³/mol. The van der Waals surface area contributed by atoms with E-state index in [2.05, 4.69) is 9.88 Å². The van der Waals surface area contributed by atoms with Crippen molar-refractivity contribution in [3.8, 4) is 10.4 Å². The lowest BCUT2D eigenvalue weighted by Gasteiger charge is -2.35. The van der Waals surface area contributed by atoms with Crippen LogP contribution >= 0.6 is 22.9 Å². The Labute approximate surface area is 167 Å². The first-order valence-corrected chi connectivity index (χ1v) is 11.2. The minimum absolute atomic E-state index is 0.148. The predicted octanol–water partition coefficient (Wildman–Crippen LogP) is 3.97. The number of thiazole rings is 1. The van der Waals surface area contributed by atoms with Gasteiger partial charge in [0, 0.05) is 36.9 Å². The molecule has 5 nitrogen and oxygen atoms in total. The van der Waals surface area contributed by atoms with Crippen LogP contribution in [-0.2, 0) is 10.0 Å². The van der Waals surface area contributed by atoms with Crippen molar-refractivity contribution in [2.75, 3.05) is 31.1 Å². The van der Waals surface area contributed by atoms with Crippen LogP contribution in [0.2, 0.25) is 5.02 Å². The van der Waals surface area contributed by atoms with Crippen LogP contribution in [-0.4, -0.2) is 43.9 Å². The highest BCUT2D eigenvalue weighted by molar-refractivity contribution is 7.89. The molecule has 1 aromatic heterocycles. The summed E-state index contributed by atoms with van der Waals surface area (Å²) in [6, 6.07) is 17.1. The molecule has 0 unspecified atom stereocenters. The third kappa shape index (κ3) is 3.73. The van der Waals surface area contributed by atoms with Gasteiger partial charge in [-0.05, 0) is 23.8 Å². The summed E-state index contributed by atoms with van der Waals surface area (Å²) in [5.41, 5.74) is 3.48. The Hall–Kier alpha value is -1.93. The van der Waals surface area contributed by atoms with Gasteiger partial charge in [0.1, 0.15) is 0 Å². The van der Waals surface area contributed by atoms with Gasteiger partial charge in [0.2, 0.25) is 0 Å². The molecule has 8 heteroatoms. The molecule has 0 amide bonds. The summed E-state index contributed by atoms with van der Waals surface area (Å²) in [5.74, 6) is 0. The van der Waals surface area contributed by atoms with Gasteiger partial charge in [-0.25, -0.2) is 13.4 Å². The van der Waals surface area contributed by atoms with E-state index >= 15 is 0 Å². The fourth-order valence-corrected chi connectivity index (χ4v) is 6.01. The number of aromatic nitrogens is 1. The summed E-state index contributed by atoms with van der Waals surface area (Å²) < 4.78 is 27.9. The first-order chi connectivity index (χ1) is 13.1. The van der Waals surface area contributed by atoms with Crippen molar-refractivity contribution in [1.82, 2.24) is 9.29 Å². The van der Waals surface area contributed by atoms with Crippen molar-refractivity contribution in [2.24, 2.45) is 0 Å². The summed E-state index contributed by atoms with van der Waals surface area (Å²) in [6.07, 6.45) is 0. The van der Waals surface area contributed by atoms with Gasteiger partial charge in [0.15, 0.2) is 5.03 Å². The van der Waals surface area contributed by atoms with Gasteiger partial charge < -0.3 is 4.90 Å². The number of rotatable bonds is 4. The number of anilines is 1. The smallest absolute Gasteiger partial charge is 0.262 e. The van der Waals surface area contributed by atoms with Crippen molar-refractivity contribution >= 4 is 38.6 Å². The average Bonchev–Trinajstić information content (AvgIpc) is 3.20. The molecule has 0 spiro atoms. The molecule has 0 radical (unpaired) electrons. The van der Waals surface area contributed by atoms with E-state index in [0.717, 1.165) is 11.3 Å². The second kappa shape index (κ2) is 7.59. The molecule has 2 aromatic carbocycles. The van der Waals surface area contributed by atoms with Crippen molar-refractivity contribution in [2.45, 2.75) is 5.03 Å². The van der Waals surface area contributed by atoms with Crippen molar-refractivity contribution < 1.29 is 8.42 Å². The Morgan fingerprint density at radius 3 is 2.41 bits per heavy atom. The molecule has 0 aliphatic carbocycles. The number of nitrogens with zero attached hydrogens (tertiary/aromatic N) is 3. The van der Waals surface area contributed by atoms with E-state index in [4.69, 9.17) is 11.6 Å². The Kier molecular flexibility index (Phi) is 5.19. The Morgan fingerprint density at radius 1 is 0.963 bits per heavy atom. The van der Waals surface area contributed by atoms with E-state index in [0.29, 0.717) is 36.1 Å². The largest absolute Gasteiger partial charge is 0.369 e. The van der Waals surface area contributed by atoms with Gasteiger partial charge >= 0.3 is 0 Å². The number of piperazine rings is 1. The van der Waals surface area contributed by atoms with Crippen LogP contribution in [0.1, 0.15) is 0 Å². The monoisotopic (exact) mass is 419 g/mol. The molecule has 1 aliphatic rings. The number of sulfonamides is 1. The fourth-order valence-electron chi connectivity index (χ4n) is 3.18. The molecule has 0 bridgehead atoms. The Morgan fingerprint density at radius 2 is 1.70 bits per heavy atom. The zero-order chi connectivity index (χ0) is 18.9. The first-order valence-electron chi connectivity index (χ1n) is 8.55. The van der Waals surface area contributed by atoms with Crippen molar-refractivity contribution in [3.63, 3.8) is 0 Å². The number of benzene rings is 2. The molecule has 27 heavy (non-hydrogen) atoms. The molecule has 0 saturated carbocycles. The van der Waals surface area contributed by atoms with Crippen molar-refractivity contribution in [3.05, 3.63) is 65.1 Å². The topological polar surface area (TPSA) is 53.5 Å². The van der Waals surface area contributed by atoms with E-state index in [1.807, 2.05) is 54.6 Å². The van der Waals surface area contributed by atoms with Gasteiger partial charge in [-0.3, -0.25) is 0 Å². The van der Waals surface area contributed by atoms with E-state index in [-0.39, 0.29) is 5.03 Å². The number of halogens is 1. The summed E-state index contributed by atoms with van der Waals surface area (Å²) in [7, 11) is -3.63. The van der Waals surface area contributed by atoms with Crippen LogP contribution in [0.3, 0.4) is 0 Å². The van der Waals surface area contributed by atoms with Crippen LogP contribution in [0, 0.1) is 0 Å². The lowest BCUT2D eigenvalue weighted by atomic mass is 10.2. The van der Waals surface area contributed by atoms with Crippen LogP contribution in [0.25, 0.3) is 10.4 Å². The Bertz CT molecular complexity index is 1030. The molecule has 4 rings (SSSR count). The molecule has 3 aromatic rings. The molecule has 140 valence electrons. The maximum absolute atomic E-state index is 13.2. The lowest BCUT2D eigenvalue weighted by molar-refractivity contribution is 0.384. The fraction of sp³-hybridized carbons (Fsp3) is 0.211. The normalized spacial score (nSPS) is 15.8. The highest BCUT2D eigenvalue weighted by Gasteiger charge is 2.32. The summed E-state index contributed by atoms with van der Waals surface area (Å²) in [5, 5.41) is 0.826. The average molecular weight is 420 g/mol. The third-order valence-electron chi connectivity index (χ3n) is 4.57. The molecular weight excluding hydrogens is 402 g/mol. The second-order valence-corrected chi connectivity index (χ2v) is 9.37. The number of hydrogen-bond acceptors (Lipinski definition) is 5. The highest BCUT2D eigenvalue weighted by Crippen LogP contribution is 2.32. The molecule has 0 atom stereocenters. The van der Waals surface area contributed by atoms with E-state index < -0.39 is 10.0 Å². The van der Waals surface area contributed by atoms with Crippen LogP contribution in [0.4, 0.5) is 5.69 Å². The van der Waals surface area contributed by atoms with Gasteiger partial charge in [0.25, 0.3) is 10.0 Å². The van der Waals surface area contributed by atoms with Gasteiger partial charge in [-0.1, -0.05) is 48.0 Å². The standard InChI is InChI=1S/C19H18ClN3O2S2/c20-16-7-4-8-17(13-16)22-9-11-23(12-10-22)27(24,25)19-18(26-14-21-19)15-5-2-1-3-6-15/h1-8,13-14H,9-12H2. The second-order valence-electron chi connectivity index (χ2n) is 6.22. The van der Waals surface area contributed by atoms with Gasteiger partial charge in [0.05, 0.1) is 10.4 Å². The van der Waals surface area contributed by atoms with Crippen LogP contribution < -0.4 is 4.90 Å². The van der Waals surface area contributed by atoms with E-state index in [9.17, 15) is 8.42 Å². The maximum atomic E-state index is 13.2. The summed E-state index contributed by atoms with van der Waals surface area (Å²) in [4.78, 5) is 7.02. The third-order valence-corrected chi connectivity index (χ3v) is 7.65. The molecule has 0 N–H and O–H groups in total. The lowest BCUT2D eigenvalue weighted by Crippen LogP contribution is -2.48. The van der Waals surface area contributed by atoms with Gasteiger partial charge in [-0.15, -0.1) is 11.3 Å².